The molecule has 7 nitrogen and oxygen atoms in total. The first kappa shape index (κ1) is 24.8. The Balaban J connectivity index is 1.56. The lowest BCUT2D eigenvalue weighted by molar-refractivity contribution is 0.0713. The van der Waals surface area contributed by atoms with E-state index in [0.717, 1.165) is 24.0 Å². The average Bonchev–Trinajstić information content (AvgIpc) is 2.84. The third kappa shape index (κ3) is 5.86. The second-order valence-corrected chi connectivity index (χ2v) is 10.6. The van der Waals surface area contributed by atoms with Crippen molar-refractivity contribution < 1.29 is 17.6 Å². The summed E-state index contributed by atoms with van der Waals surface area (Å²) in [5.41, 5.74) is 3.53. The van der Waals surface area contributed by atoms with Gasteiger partial charge in [0.25, 0.3) is 15.9 Å². The van der Waals surface area contributed by atoms with Crippen LogP contribution in [0.2, 0.25) is 0 Å². The number of benzene rings is 2. The van der Waals surface area contributed by atoms with Crippen LogP contribution in [0.1, 0.15) is 60.0 Å². The van der Waals surface area contributed by atoms with E-state index in [1.807, 2.05) is 24.3 Å². The van der Waals surface area contributed by atoms with E-state index in [2.05, 4.69) is 24.1 Å². The van der Waals surface area contributed by atoms with E-state index in [-0.39, 0.29) is 28.2 Å². The molecule has 1 saturated heterocycles. The Morgan fingerprint density at radius 3 is 2.29 bits per heavy atom. The Kier molecular flexibility index (Phi) is 7.18. The topological polar surface area (TPSA) is 105 Å². The quantitative estimate of drug-likeness (QED) is 0.512. The third-order valence-corrected chi connectivity index (χ3v) is 7.19. The van der Waals surface area contributed by atoms with Crippen molar-refractivity contribution in [1.29, 1.82) is 0 Å². The molecule has 35 heavy (non-hydrogen) atoms. The number of anilines is 2. The smallest absolute Gasteiger partial charge is 0.257 e. The van der Waals surface area contributed by atoms with Gasteiger partial charge in [-0.2, -0.15) is 0 Å². The first-order valence-electron chi connectivity index (χ1n) is 11.6. The summed E-state index contributed by atoms with van der Waals surface area (Å²) in [5.74, 6) is 0.113. The van der Waals surface area contributed by atoms with Gasteiger partial charge in [0.15, 0.2) is 5.03 Å². The molecule has 3 aromatic rings. The van der Waals surface area contributed by atoms with Crippen molar-refractivity contribution >= 4 is 27.3 Å². The summed E-state index contributed by atoms with van der Waals surface area (Å²) in [6.07, 6.45) is 2.76. The largest absolute Gasteiger partial charge is 0.355 e. The standard InChI is InChI=1S/C26H29FN4O3S/c1-17(2)18-5-9-22(10-6-18)30-24-15-25(35(28,33)34)29-16-23(24)26(32)31-13-11-20(12-14-31)19-3-7-21(27)8-4-19/h3-10,15-17,20H,11-14H2,1-2H3,(H,29,30)(H2,28,33,34). The molecule has 2 aromatic carbocycles. The zero-order valence-corrected chi connectivity index (χ0v) is 20.6. The molecule has 1 fully saturated rings. The Labute approximate surface area is 205 Å². The second kappa shape index (κ2) is 10.1. The summed E-state index contributed by atoms with van der Waals surface area (Å²) < 4.78 is 37.1. The number of carbonyl (C=O) groups is 1. The molecule has 9 heteroatoms. The molecule has 1 aromatic heterocycles. The molecule has 0 saturated carbocycles. The zero-order valence-electron chi connectivity index (χ0n) is 19.7. The van der Waals surface area contributed by atoms with Crippen molar-refractivity contribution in [3.05, 3.63) is 83.3 Å². The molecule has 1 aliphatic rings. The molecule has 1 amide bonds. The summed E-state index contributed by atoms with van der Waals surface area (Å²) in [5, 5.41) is 8.14. The number of nitrogens with one attached hydrogen (secondary N) is 1. The van der Waals surface area contributed by atoms with Crippen LogP contribution in [0.4, 0.5) is 15.8 Å². The lowest BCUT2D eigenvalue weighted by atomic mass is 9.89. The number of likely N-dealkylation sites (tertiary alicyclic amines) is 1. The molecule has 0 atom stereocenters. The van der Waals surface area contributed by atoms with E-state index in [9.17, 15) is 17.6 Å². The van der Waals surface area contributed by atoms with Crippen LogP contribution in [0.25, 0.3) is 0 Å². The maximum absolute atomic E-state index is 13.4. The van der Waals surface area contributed by atoms with Gasteiger partial charge in [-0.25, -0.2) is 22.9 Å². The number of carbonyl (C=O) groups excluding carboxylic acids is 1. The first-order valence-corrected chi connectivity index (χ1v) is 13.1. The minimum atomic E-state index is -4.05. The Morgan fingerprint density at radius 2 is 1.71 bits per heavy atom. The number of amides is 1. The number of pyridine rings is 1. The molecular formula is C26H29FN4O3S. The Hall–Kier alpha value is -3.30. The van der Waals surface area contributed by atoms with Crippen molar-refractivity contribution in [3.8, 4) is 0 Å². The predicted octanol–water partition coefficient (Wildman–Crippen LogP) is 4.75. The normalized spacial score (nSPS) is 14.8. The third-order valence-electron chi connectivity index (χ3n) is 6.38. The highest BCUT2D eigenvalue weighted by Gasteiger charge is 2.27. The fourth-order valence-corrected chi connectivity index (χ4v) is 4.78. The second-order valence-electron chi connectivity index (χ2n) is 9.13. The minimum Gasteiger partial charge on any atom is -0.355 e. The van der Waals surface area contributed by atoms with Gasteiger partial charge in [0.1, 0.15) is 5.82 Å². The van der Waals surface area contributed by atoms with E-state index >= 15 is 0 Å². The van der Waals surface area contributed by atoms with Crippen LogP contribution in [0.15, 0.2) is 65.8 Å². The molecule has 1 aliphatic heterocycles. The highest BCUT2D eigenvalue weighted by molar-refractivity contribution is 7.89. The molecule has 0 spiro atoms. The lowest BCUT2D eigenvalue weighted by Gasteiger charge is -2.32. The maximum atomic E-state index is 13.4. The SMILES string of the molecule is CC(C)c1ccc(Nc2cc(S(N)(=O)=O)ncc2C(=O)N2CCC(c3ccc(F)cc3)CC2)cc1. The van der Waals surface area contributed by atoms with Gasteiger partial charge in [0, 0.05) is 31.0 Å². The fraction of sp³-hybridized carbons (Fsp3) is 0.308. The van der Waals surface area contributed by atoms with E-state index in [4.69, 9.17) is 5.14 Å². The number of halogens is 1. The van der Waals surface area contributed by atoms with Gasteiger partial charge in [-0.05, 0) is 60.1 Å². The number of aromatic nitrogens is 1. The van der Waals surface area contributed by atoms with Crippen LogP contribution >= 0.6 is 0 Å². The monoisotopic (exact) mass is 496 g/mol. The van der Waals surface area contributed by atoms with Gasteiger partial charge in [-0.1, -0.05) is 38.1 Å². The summed E-state index contributed by atoms with van der Waals surface area (Å²) in [6, 6.07) is 15.5. The summed E-state index contributed by atoms with van der Waals surface area (Å²) >= 11 is 0. The van der Waals surface area contributed by atoms with Crippen molar-refractivity contribution in [2.45, 2.75) is 43.6 Å². The first-order chi connectivity index (χ1) is 16.6. The molecule has 0 unspecified atom stereocenters. The number of nitrogens with zero attached hydrogens (tertiary/aromatic N) is 2. The van der Waals surface area contributed by atoms with Gasteiger partial charge in [-0.3, -0.25) is 4.79 Å². The summed E-state index contributed by atoms with van der Waals surface area (Å²) in [4.78, 5) is 19.1. The van der Waals surface area contributed by atoms with Crippen molar-refractivity contribution in [2.24, 2.45) is 5.14 Å². The highest BCUT2D eigenvalue weighted by atomic mass is 32.2. The molecule has 3 N–H and O–H groups in total. The number of hydrogen-bond donors (Lipinski definition) is 2. The van der Waals surface area contributed by atoms with E-state index in [1.54, 1.807) is 17.0 Å². The van der Waals surface area contributed by atoms with Crippen LogP contribution in [-0.4, -0.2) is 37.3 Å². The van der Waals surface area contributed by atoms with Gasteiger partial charge in [-0.15, -0.1) is 0 Å². The zero-order chi connectivity index (χ0) is 25.2. The highest BCUT2D eigenvalue weighted by Crippen LogP contribution is 2.31. The van der Waals surface area contributed by atoms with Crippen molar-refractivity contribution in [1.82, 2.24) is 9.88 Å². The number of piperidine rings is 1. The molecule has 0 bridgehead atoms. The minimum absolute atomic E-state index is 0.239. The van der Waals surface area contributed by atoms with Crippen LogP contribution in [0, 0.1) is 5.82 Å². The summed E-state index contributed by atoms with van der Waals surface area (Å²) in [7, 11) is -4.05. The van der Waals surface area contributed by atoms with Crippen molar-refractivity contribution in [3.63, 3.8) is 0 Å². The number of sulfonamides is 1. The van der Waals surface area contributed by atoms with Crippen LogP contribution in [-0.2, 0) is 10.0 Å². The molecular weight excluding hydrogens is 467 g/mol. The molecule has 184 valence electrons. The van der Waals surface area contributed by atoms with E-state index in [1.165, 1.54) is 24.4 Å². The van der Waals surface area contributed by atoms with Gasteiger partial charge >= 0.3 is 0 Å². The molecule has 4 rings (SSSR count). The summed E-state index contributed by atoms with van der Waals surface area (Å²) in [6.45, 7) is 5.25. The molecule has 2 heterocycles. The van der Waals surface area contributed by atoms with Crippen LogP contribution < -0.4 is 10.5 Å². The van der Waals surface area contributed by atoms with E-state index in [0.29, 0.717) is 30.4 Å². The predicted molar refractivity (Wildman–Crippen MR) is 134 cm³/mol. The maximum Gasteiger partial charge on any atom is 0.257 e. The number of hydrogen-bond acceptors (Lipinski definition) is 5. The van der Waals surface area contributed by atoms with Gasteiger partial charge < -0.3 is 10.2 Å². The number of rotatable bonds is 6. The Bertz CT molecular complexity index is 1300. The van der Waals surface area contributed by atoms with Crippen molar-refractivity contribution in [2.75, 3.05) is 18.4 Å². The van der Waals surface area contributed by atoms with Gasteiger partial charge in [0.05, 0.1) is 11.3 Å². The number of primary sulfonamides is 1. The lowest BCUT2D eigenvalue weighted by Crippen LogP contribution is -2.38. The molecule has 0 aliphatic carbocycles. The molecule has 0 radical (unpaired) electrons. The van der Waals surface area contributed by atoms with Gasteiger partial charge in [0.2, 0.25) is 0 Å². The van der Waals surface area contributed by atoms with E-state index < -0.39 is 10.0 Å². The fourth-order valence-electron chi connectivity index (χ4n) is 4.29. The number of nitrogens with two attached hydrogens (primary N) is 1. The van der Waals surface area contributed by atoms with Crippen LogP contribution in [0.5, 0.6) is 0 Å². The Morgan fingerprint density at radius 1 is 1.09 bits per heavy atom. The average molecular weight is 497 g/mol. The van der Waals surface area contributed by atoms with Crippen LogP contribution in [0.3, 0.4) is 0 Å².